The first-order chi connectivity index (χ1) is 18.4. The van der Waals surface area contributed by atoms with E-state index in [1.807, 2.05) is 24.3 Å². The van der Waals surface area contributed by atoms with Gasteiger partial charge in [-0.2, -0.15) is 0 Å². The highest BCUT2D eigenvalue weighted by Crippen LogP contribution is 2.37. The van der Waals surface area contributed by atoms with Crippen LogP contribution in [0.2, 0.25) is 18.1 Å². The van der Waals surface area contributed by atoms with E-state index >= 15 is 0 Å². The molecule has 0 bridgehead atoms. The van der Waals surface area contributed by atoms with Crippen molar-refractivity contribution in [2.24, 2.45) is 0 Å². The molecular weight excluding hydrogens is 532 g/mol. The lowest BCUT2D eigenvalue weighted by Gasteiger charge is -2.36. The zero-order valence-corrected chi connectivity index (χ0v) is 25.1. The maximum atomic E-state index is 12.4. The minimum absolute atomic E-state index is 0.125. The fourth-order valence-corrected chi connectivity index (χ4v) is 5.36. The van der Waals surface area contributed by atoms with Crippen LogP contribution in [0.3, 0.4) is 0 Å². The normalized spacial score (nSPS) is 13.0. The van der Waals surface area contributed by atoms with E-state index in [0.29, 0.717) is 36.9 Å². The van der Waals surface area contributed by atoms with Gasteiger partial charge in [0.25, 0.3) is 10.0 Å². The minimum atomic E-state index is -3.63. The smallest absolute Gasteiger partial charge is 0.261 e. The molecule has 0 saturated carbocycles. The summed E-state index contributed by atoms with van der Waals surface area (Å²) in [5.41, 5.74) is 0.449. The van der Waals surface area contributed by atoms with Crippen LogP contribution in [-0.2, 0) is 10.0 Å². The Bertz CT molecular complexity index is 1260. The molecule has 0 spiro atoms. The molecule has 0 aliphatic rings. The Kier molecular flexibility index (Phi) is 10.4. The number of aliphatic hydroxyl groups excluding tert-OH is 1. The lowest BCUT2D eigenvalue weighted by atomic mass is 10.2. The third-order valence-electron chi connectivity index (χ3n) is 6.53. The monoisotopic (exact) mass is 572 g/mol. The van der Waals surface area contributed by atoms with Crippen molar-refractivity contribution in [3.63, 3.8) is 0 Å². The summed E-state index contributed by atoms with van der Waals surface area (Å²) in [5.74, 6) is 2.12. The molecule has 10 heteroatoms. The van der Waals surface area contributed by atoms with Gasteiger partial charge < -0.3 is 24.3 Å². The summed E-state index contributed by atoms with van der Waals surface area (Å²) in [4.78, 5) is 0.202. The summed E-state index contributed by atoms with van der Waals surface area (Å²) in [6.07, 6.45) is -0.676. The van der Waals surface area contributed by atoms with Crippen LogP contribution in [0, 0.1) is 0 Å². The van der Waals surface area contributed by atoms with Crippen molar-refractivity contribution >= 4 is 24.0 Å². The van der Waals surface area contributed by atoms with E-state index < -0.39 is 24.4 Å². The largest absolute Gasteiger partial charge is 0.543 e. The molecule has 39 heavy (non-hydrogen) atoms. The molecule has 3 rings (SSSR count). The molecule has 0 fully saturated rings. The number of sulfonamides is 1. The highest BCUT2D eigenvalue weighted by Gasteiger charge is 2.38. The molecule has 212 valence electrons. The Morgan fingerprint density at radius 2 is 1.41 bits per heavy atom. The van der Waals surface area contributed by atoms with Crippen LogP contribution >= 0.6 is 0 Å². The number of anilines is 1. The summed E-state index contributed by atoms with van der Waals surface area (Å²) in [6.45, 7) is 12.5. The van der Waals surface area contributed by atoms with Crippen molar-refractivity contribution < 1.29 is 27.4 Å². The summed E-state index contributed by atoms with van der Waals surface area (Å²) >= 11 is 0. The Morgan fingerprint density at radius 1 is 0.846 bits per heavy atom. The van der Waals surface area contributed by atoms with E-state index in [0.717, 1.165) is 5.75 Å². The molecule has 0 unspecified atom stereocenters. The van der Waals surface area contributed by atoms with Gasteiger partial charge in [-0.25, -0.2) is 8.42 Å². The molecule has 0 aromatic heterocycles. The van der Waals surface area contributed by atoms with Gasteiger partial charge in [0.1, 0.15) is 36.6 Å². The van der Waals surface area contributed by atoms with E-state index in [1.54, 1.807) is 54.6 Å². The molecule has 0 heterocycles. The summed E-state index contributed by atoms with van der Waals surface area (Å²) in [7, 11) is -5.52. The number of hydrogen-bond acceptors (Lipinski definition) is 7. The molecule has 0 saturated heterocycles. The molecule has 3 aromatic rings. The minimum Gasteiger partial charge on any atom is -0.543 e. The predicted molar refractivity (Wildman–Crippen MR) is 158 cm³/mol. The third kappa shape index (κ3) is 9.57. The maximum Gasteiger partial charge on any atom is 0.261 e. The van der Waals surface area contributed by atoms with Gasteiger partial charge in [-0.3, -0.25) is 4.72 Å². The van der Waals surface area contributed by atoms with Crippen molar-refractivity contribution in [3.05, 3.63) is 78.9 Å². The summed E-state index contributed by atoms with van der Waals surface area (Å²) in [6, 6.07) is 22.4. The molecule has 3 aromatic carbocycles. The summed E-state index contributed by atoms with van der Waals surface area (Å²) < 4.78 is 45.1. The number of aliphatic hydroxyl groups is 1. The van der Waals surface area contributed by atoms with Gasteiger partial charge in [-0.1, -0.05) is 39.0 Å². The van der Waals surface area contributed by atoms with Gasteiger partial charge in [-0.05, 0) is 78.8 Å². The SMILES string of the molecule is CC(C)(C)[Si](C)(C)Oc1ccc(OC[C@@H](O)CNCCOc2ccc(NS(=O)(=O)c3ccccc3)cc2)cc1. The van der Waals surface area contributed by atoms with Crippen LogP contribution < -0.4 is 23.9 Å². The van der Waals surface area contributed by atoms with E-state index in [1.165, 1.54) is 0 Å². The fourth-order valence-electron chi connectivity index (χ4n) is 3.25. The van der Waals surface area contributed by atoms with Crippen molar-refractivity contribution in [1.29, 1.82) is 0 Å². The quantitative estimate of drug-likeness (QED) is 0.178. The molecule has 3 N–H and O–H groups in total. The fraction of sp³-hybridized carbons (Fsp3) is 0.379. The Morgan fingerprint density at radius 3 is 2.03 bits per heavy atom. The topological polar surface area (TPSA) is 106 Å². The first kappa shape index (κ1) is 30.5. The van der Waals surface area contributed by atoms with Crippen molar-refractivity contribution in [2.75, 3.05) is 31.0 Å². The van der Waals surface area contributed by atoms with Gasteiger partial charge in [0.15, 0.2) is 0 Å². The van der Waals surface area contributed by atoms with Crippen molar-refractivity contribution in [1.82, 2.24) is 5.32 Å². The van der Waals surface area contributed by atoms with E-state index in [4.69, 9.17) is 13.9 Å². The second-order valence-corrected chi connectivity index (χ2v) is 17.2. The van der Waals surface area contributed by atoms with Gasteiger partial charge >= 0.3 is 0 Å². The lowest BCUT2D eigenvalue weighted by molar-refractivity contribution is 0.105. The molecular formula is C29H40N2O6SSi. The van der Waals surface area contributed by atoms with Crippen molar-refractivity contribution in [3.8, 4) is 17.2 Å². The highest BCUT2D eigenvalue weighted by atomic mass is 32.2. The lowest BCUT2D eigenvalue weighted by Crippen LogP contribution is -2.43. The number of rotatable bonds is 14. The molecule has 0 aliphatic heterocycles. The van der Waals surface area contributed by atoms with Gasteiger partial charge in [0.2, 0.25) is 8.32 Å². The van der Waals surface area contributed by atoms with Crippen LogP contribution in [0.15, 0.2) is 83.8 Å². The van der Waals surface area contributed by atoms with Crippen molar-refractivity contribution in [2.45, 2.75) is 49.9 Å². The maximum absolute atomic E-state index is 12.4. The third-order valence-corrected chi connectivity index (χ3v) is 12.3. The Hall–Kier alpha value is -3.05. The number of nitrogens with one attached hydrogen (secondary N) is 2. The standard InChI is InChI=1S/C29H40N2O6SSi/c1-29(2,3)39(4,5)37-27-17-15-26(16-18-27)36-22-24(32)21-30-19-20-35-25-13-11-23(12-14-25)31-38(33,34)28-9-7-6-8-10-28/h6-18,24,30-32H,19-22H2,1-5H3/t24-/m0/s1. The Labute approximate surface area is 233 Å². The molecule has 0 aliphatic carbocycles. The molecule has 0 amide bonds. The number of hydrogen-bond donors (Lipinski definition) is 3. The van der Waals surface area contributed by atoms with E-state index in [9.17, 15) is 13.5 Å². The molecule has 1 atom stereocenters. The van der Waals surface area contributed by atoms with Gasteiger partial charge in [0.05, 0.1) is 4.90 Å². The zero-order valence-electron chi connectivity index (χ0n) is 23.3. The second-order valence-electron chi connectivity index (χ2n) is 10.8. The van der Waals surface area contributed by atoms with E-state index in [2.05, 4.69) is 43.9 Å². The van der Waals surface area contributed by atoms with Crippen LogP contribution in [0.4, 0.5) is 5.69 Å². The first-order valence-corrected chi connectivity index (χ1v) is 17.4. The predicted octanol–water partition coefficient (Wildman–Crippen LogP) is 5.28. The molecule has 0 radical (unpaired) electrons. The van der Waals surface area contributed by atoms with E-state index in [-0.39, 0.29) is 16.5 Å². The Balaban J connectivity index is 1.32. The highest BCUT2D eigenvalue weighted by molar-refractivity contribution is 7.92. The summed E-state index contributed by atoms with van der Waals surface area (Å²) in [5, 5.41) is 13.5. The molecule has 8 nitrogen and oxygen atoms in total. The second kappa shape index (κ2) is 13.3. The average Bonchev–Trinajstić information content (AvgIpc) is 2.88. The van der Waals surface area contributed by atoms with Gasteiger partial charge in [0, 0.05) is 18.8 Å². The number of ether oxygens (including phenoxy) is 2. The first-order valence-electron chi connectivity index (χ1n) is 13.0. The van der Waals surface area contributed by atoms with Crippen LogP contribution in [0.5, 0.6) is 17.2 Å². The van der Waals surface area contributed by atoms with Gasteiger partial charge in [-0.15, -0.1) is 0 Å². The average molecular weight is 573 g/mol. The van der Waals surface area contributed by atoms with Crippen LogP contribution in [0.1, 0.15) is 20.8 Å². The zero-order chi connectivity index (χ0) is 28.5. The van der Waals surface area contributed by atoms with Crippen LogP contribution in [-0.4, -0.2) is 54.2 Å². The van der Waals surface area contributed by atoms with Crippen LogP contribution in [0.25, 0.3) is 0 Å². The number of benzene rings is 3.